The number of hydrogen-bond donors (Lipinski definition) is 0. The minimum atomic E-state index is 0.162. The van der Waals surface area contributed by atoms with Crippen LogP contribution in [0.15, 0.2) is 35.7 Å². The summed E-state index contributed by atoms with van der Waals surface area (Å²) < 4.78 is 5.73. The van der Waals surface area contributed by atoms with Crippen molar-refractivity contribution in [1.82, 2.24) is 4.90 Å². The molecule has 122 valence electrons. The van der Waals surface area contributed by atoms with E-state index in [-0.39, 0.29) is 5.91 Å². The van der Waals surface area contributed by atoms with Crippen LogP contribution in [0, 0.1) is 0 Å². The molecule has 0 saturated carbocycles. The standard InChI is InChI=1S/C18H20ClNO2S/c19-15-5-7-16(8-6-15)22-12-14-11-17(23-13-14)18(21)20-9-3-1-2-4-10-20/h5-8,11,13H,1-4,9-10,12H2. The topological polar surface area (TPSA) is 29.5 Å². The Balaban J connectivity index is 1.58. The van der Waals surface area contributed by atoms with Gasteiger partial charge in [0.25, 0.3) is 5.91 Å². The molecular formula is C18H20ClNO2S. The third-order valence-electron chi connectivity index (χ3n) is 3.98. The smallest absolute Gasteiger partial charge is 0.263 e. The number of nitrogens with zero attached hydrogens (tertiary/aromatic N) is 1. The van der Waals surface area contributed by atoms with Crippen LogP contribution in [0.4, 0.5) is 0 Å². The largest absolute Gasteiger partial charge is 0.489 e. The molecule has 0 N–H and O–H groups in total. The van der Waals surface area contributed by atoms with Gasteiger partial charge in [0.15, 0.2) is 0 Å². The molecule has 2 aromatic rings. The second kappa shape index (κ2) is 7.84. The average Bonchev–Trinajstić information content (AvgIpc) is 2.87. The molecule has 0 unspecified atom stereocenters. The molecule has 0 bridgehead atoms. The van der Waals surface area contributed by atoms with Crippen LogP contribution in [0.3, 0.4) is 0 Å². The van der Waals surface area contributed by atoms with Gasteiger partial charge in [-0.15, -0.1) is 11.3 Å². The van der Waals surface area contributed by atoms with Gasteiger partial charge in [-0.2, -0.15) is 0 Å². The molecule has 1 amide bonds. The summed E-state index contributed by atoms with van der Waals surface area (Å²) in [4.78, 5) is 15.4. The van der Waals surface area contributed by atoms with E-state index < -0.39 is 0 Å². The maximum absolute atomic E-state index is 12.6. The Labute approximate surface area is 145 Å². The summed E-state index contributed by atoms with van der Waals surface area (Å²) in [5.41, 5.74) is 1.03. The Morgan fingerprint density at radius 3 is 2.52 bits per heavy atom. The lowest BCUT2D eigenvalue weighted by Gasteiger charge is -2.19. The van der Waals surface area contributed by atoms with Gasteiger partial charge in [-0.25, -0.2) is 0 Å². The molecule has 3 rings (SSSR count). The third-order valence-corrected chi connectivity index (χ3v) is 5.20. The second-order valence-corrected chi connectivity index (χ2v) is 7.12. The van der Waals surface area contributed by atoms with Crippen molar-refractivity contribution in [2.45, 2.75) is 32.3 Å². The number of ether oxygens (including phenoxy) is 1. The highest BCUT2D eigenvalue weighted by atomic mass is 35.5. The minimum Gasteiger partial charge on any atom is -0.489 e. The average molecular weight is 350 g/mol. The van der Waals surface area contributed by atoms with Crippen LogP contribution in [0.5, 0.6) is 5.75 Å². The molecule has 1 fully saturated rings. The van der Waals surface area contributed by atoms with Crippen LogP contribution in [0.25, 0.3) is 0 Å². The van der Waals surface area contributed by atoms with Crippen molar-refractivity contribution in [2.75, 3.05) is 13.1 Å². The molecule has 23 heavy (non-hydrogen) atoms. The van der Waals surface area contributed by atoms with Gasteiger partial charge in [-0.1, -0.05) is 24.4 Å². The monoisotopic (exact) mass is 349 g/mol. The van der Waals surface area contributed by atoms with E-state index >= 15 is 0 Å². The summed E-state index contributed by atoms with van der Waals surface area (Å²) >= 11 is 7.36. The van der Waals surface area contributed by atoms with Crippen LogP contribution < -0.4 is 4.74 Å². The first kappa shape index (κ1) is 16.3. The van der Waals surface area contributed by atoms with Gasteiger partial charge >= 0.3 is 0 Å². The molecule has 2 heterocycles. The molecule has 3 nitrogen and oxygen atoms in total. The number of hydrogen-bond acceptors (Lipinski definition) is 3. The summed E-state index contributed by atoms with van der Waals surface area (Å²) in [7, 11) is 0. The van der Waals surface area contributed by atoms with Crippen molar-refractivity contribution in [3.05, 3.63) is 51.2 Å². The van der Waals surface area contributed by atoms with Gasteiger partial charge < -0.3 is 9.64 Å². The van der Waals surface area contributed by atoms with Gasteiger partial charge in [-0.05, 0) is 48.6 Å². The Morgan fingerprint density at radius 1 is 1.13 bits per heavy atom. The summed E-state index contributed by atoms with van der Waals surface area (Å²) in [6.45, 7) is 2.23. The van der Waals surface area contributed by atoms with Crippen molar-refractivity contribution >= 4 is 28.8 Å². The van der Waals surface area contributed by atoms with E-state index in [1.807, 2.05) is 28.5 Å². The van der Waals surface area contributed by atoms with Crippen molar-refractivity contribution in [1.29, 1.82) is 0 Å². The lowest BCUT2D eigenvalue weighted by molar-refractivity contribution is 0.0766. The molecule has 1 saturated heterocycles. The molecule has 0 aliphatic carbocycles. The van der Waals surface area contributed by atoms with Crippen LogP contribution in [0.2, 0.25) is 5.02 Å². The number of thiophene rings is 1. The maximum atomic E-state index is 12.6. The Morgan fingerprint density at radius 2 is 1.83 bits per heavy atom. The first-order valence-corrected chi connectivity index (χ1v) is 9.23. The number of halogens is 1. The molecule has 1 aliphatic rings. The fourth-order valence-electron chi connectivity index (χ4n) is 2.69. The fourth-order valence-corrected chi connectivity index (χ4v) is 3.68. The lowest BCUT2D eigenvalue weighted by Crippen LogP contribution is -2.31. The van der Waals surface area contributed by atoms with E-state index in [0.29, 0.717) is 11.6 Å². The Bertz CT molecular complexity index is 645. The summed E-state index contributed by atoms with van der Waals surface area (Å²) in [6.07, 6.45) is 4.69. The first-order valence-electron chi connectivity index (χ1n) is 7.97. The number of carbonyl (C=O) groups excluding carboxylic acids is 1. The molecule has 1 aliphatic heterocycles. The number of rotatable bonds is 4. The number of likely N-dealkylation sites (tertiary alicyclic amines) is 1. The quantitative estimate of drug-likeness (QED) is 0.777. The Hall–Kier alpha value is -1.52. The number of benzene rings is 1. The third kappa shape index (κ3) is 4.49. The lowest BCUT2D eigenvalue weighted by atomic mass is 10.2. The van der Waals surface area contributed by atoms with E-state index in [2.05, 4.69) is 0 Å². The summed E-state index contributed by atoms with van der Waals surface area (Å²) in [6, 6.07) is 9.25. The first-order chi connectivity index (χ1) is 11.2. The van der Waals surface area contributed by atoms with Crippen LogP contribution in [-0.2, 0) is 6.61 Å². The molecule has 0 spiro atoms. The van der Waals surface area contributed by atoms with Crippen LogP contribution >= 0.6 is 22.9 Å². The molecule has 0 radical (unpaired) electrons. The molecular weight excluding hydrogens is 330 g/mol. The highest BCUT2D eigenvalue weighted by Crippen LogP contribution is 2.22. The van der Waals surface area contributed by atoms with Crippen molar-refractivity contribution in [2.24, 2.45) is 0 Å². The zero-order valence-electron chi connectivity index (χ0n) is 13.0. The van der Waals surface area contributed by atoms with Gasteiger partial charge in [0.1, 0.15) is 12.4 Å². The SMILES string of the molecule is O=C(c1cc(COc2ccc(Cl)cc2)cs1)N1CCCCCC1. The number of carbonyl (C=O) groups is 1. The second-order valence-electron chi connectivity index (χ2n) is 5.77. The Kier molecular flexibility index (Phi) is 5.57. The van der Waals surface area contributed by atoms with Gasteiger partial charge in [0.05, 0.1) is 4.88 Å². The molecule has 0 atom stereocenters. The van der Waals surface area contributed by atoms with E-state index in [9.17, 15) is 4.79 Å². The van der Waals surface area contributed by atoms with E-state index in [1.54, 1.807) is 12.1 Å². The fraction of sp³-hybridized carbons (Fsp3) is 0.389. The minimum absolute atomic E-state index is 0.162. The van der Waals surface area contributed by atoms with Crippen LogP contribution in [0.1, 0.15) is 40.9 Å². The van der Waals surface area contributed by atoms with E-state index in [1.165, 1.54) is 24.2 Å². The van der Waals surface area contributed by atoms with Crippen LogP contribution in [-0.4, -0.2) is 23.9 Å². The highest BCUT2D eigenvalue weighted by molar-refractivity contribution is 7.12. The summed E-state index contributed by atoms with van der Waals surface area (Å²) in [5, 5.41) is 2.69. The van der Waals surface area contributed by atoms with Gasteiger partial charge in [-0.3, -0.25) is 4.79 Å². The van der Waals surface area contributed by atoms with E-state index in [4.69, 9.17) is 16.3 Å². The van der Waals surface area contributed by atoms with Crippen molar-refractivity contribution in [3.63, 3.8) is 0 Å². The van der Waals surface area contributed by atoms with Crippen molar-refractivity contribution < 1.29 is 9.53 Å². The molecule has 1 aromatic heterocycles. The molecule has 1 aromatic carbocycles. The zero-order chi connectivity index (χ0) is 16.1. The zero-order valence-corrected chi connectivity index (χ0v) is 14.5. The van der Waals surface area contributed by atoms with Crippen molar-refractivity contribution in [3.8, 4) is 5.75 Å². The predicted octanol–water partition coefficient (Wildman–Crippen LogP) is 5.00. The summed E-state index contributed by atoms with van der Waals surface area (Å²) in [5.74, 6) is 0.940. The normalized spacial score (nSPS) is 15.3. The highest BCUT2D eigenvalue weighted by Gasteiger charge is 2.18. The molecule has 5 heteroatoms. The van der Waals surface area contributed by atoms with Gasteiger partial charge in [0.2, 0.25) is 0 Å². The van der Waals surface area contributed by atoms with Gasteiger partial charge in [0, 0.05) is 23.7 Å². The van der Waals surface area contributed by atoms with E-state index in [0.717, 1.165) is 42.1 Å². The maximum Gasteiger partial charge on any atom is 0.263 e. The number of amides is 1. The predicted molar refractivity (Wildman–Crippen MR) is 94.5 cm³/mol.